The molecule has 0 aliphatic carbocycles. The molecule has 3 aromatic carbocycles. The molecule has 4 aromatic rings. The van der Waals surface area contributed by atoms with Gasteiger partial charge in [-0.15, -0.1) is 0 Å². The number of carbonyl (C=O) groups is 3. The van der Waals surface area contributed by atoms with Crippen LogP contribution in [-0.4, -0.2) is 34.4 Å². The predicted octanol–water partition coefficient (Wildman–Crippen LogP) is 6.45. The van der Waals surface area contributed by atoms with E-state index in [4.69, 9.17) is 9.47 Å². The van der Waals surface area contributed by atoms with Crippen LogP contribution in [0.3, 0.4) is 0 Å². The number of rotatable bonds is 9. The Balaban J connectivity index is 1.55. The number of aliphatic hydroxyl groups excluding tert-OH is 1. The fraction of sp³-hybridized carbons (Fsp3) is 0.152. The number of benzene rings is 3. The van der Waals surface area contributed by atoms with Crippen LogP contribution in [0.15, 0.2) is 91.0 Å². The van der Waals surface area contributed by atoms with Crippen LogP contribution >= 0.6 is 11.3 Å². The van der Waals surface area contributed by atoms with Crippen LogP contribution in [0.5, 0.6) is 5.75 Å². The average molecular weight is 599 g/mol. The molecule has 43 heavy (non-hydrogen) atoms. The second-order valence-electron chi connectivity index (χ2n) is 9.77. The molecular weight excluding hydrogens is 571 g/mol. The van der Waals surface area contributed by atoms with Crippen molar-refractivity contribution >= 4 is 39.9 Å². The number of esters is 1. The fourth-order valence-electron chi connectivity index (χ4n) is 4.74. The normalized spacial score (nSPS) is 15.9. The first-order valence-corrected chi connectivity index (χ1v) is 14.1. The Morgan fingerprint density at radius 3 is 2.49 bits per heavy atom. The molecule has 1 atom stereocenters. The first-order valence-electron chi connectivity index (χ1n) is 13.3. The van der Waals surface area contributed by atoms with E-state index in [1.54, 1.807) is 32.0 Å². The molecule has 1 unspecified atom stereocenters. The van der Waals surface area contributed by atoms with Crippen molar-refractivity contribution in [1.29, 1.82) is 0 Å². The van der Waals surface area contributed by atoms with E-state index in [9.17, 15) is 23.9 Å². The van der Waals surface area contributed by atoms with Crippen molar-refractivity contribution < 1.29 is 33.4 Å². The van der Waals surface area contributed by atoms with Gasteiger partial charge in [0.05, 0.1) is 17.3 Å². The number of Topliss-reactive ketones (excluding diaryl/α,β-unsaturated/α-hetero) is 1. The third-order valence-electron chi connectivity index (χ3n) is 6.84. The Morgan fingerprint density at radius 1 is 1.09 bits per heavy atom. The van der Waals surface area contributed by atoms with Crippen LogP contribution in [0.1, 0.15) is 43.7 Å². The van der Waals surface area contributed by atoms with Crippen LogP contribution in [0, 0.1) is 19.7 Å². The number of halogens is 1. The van der Waals surface area contributed by atoms with E-state index in [1.807, 2.05) is 30.3 Å². The van der Waals surface area contributed by atoms with Gasteiger partial charge in [0.15, 0.2) is 5.13 Å². The maximum Gasteiger partial charge on any atom is 0.350 e. The van der Waals surface area contributed by atoms with Crippen molar-refractivity contribution in [1.82, 2.24) is 4.98 Å². The number of aliphatic hydroxyl groups is 1. The Hall–Kier alpha value is -5.09. The van der Waals surface area contributed by atoms with Gasteiger partial charge in [0, 0.05) is 5.56 Å². The molecule has 0 spiro atoms. The van der Waals surface area contributed by atoms with Crippen LogP contribution in [0.2, 0.25) is 0 Å². The van der Waals surface area contributed by atoms with Gasteiger partial charge in [0.2, 0.25) is 0 Å². The van der Waals surface area contributed by atoms with Crippen LogP contribution < -0.4 is 9.64 Å². The van der Waals surface area contributed by atoms with Gasteiger partial charge < -0.3 is 14.6 Å². The largest absolute Gasteiger partial charge is 0.507 e. The van der Waals surface area contributed by atoms with Gasteiger partial charge in [-0.05, 0) is 60.9 Å². The molecule has 1 aliphatic rings. The lowest BCUT2D eigenvalue weighted by Crippen LogP contribution is -2.29. The van der Waals surface area contributed by atoms with Crippen LogP contribution in [-0.2, 0) is 20.9 Å². The Morgan fingerprint density at radius 2 is 1.81 bits per heavy atom. The number of hydrogen-bond acceptors (Lipinski definition) is 8. The molecule has 8 nitrogen and oxygen atoms in total. The van der Waals surface area contributed by atoms with E-state index in [0.717, 1.165) is 21.8 Å². The predicted molar refractivity (Wildman–Crippen MR) is 160 cm³/mol. The van der Waals surface area contributed by atoms with Crippen molar-refractivity contribution in [2.24, 2.45) is 0 Å². The third kappa shape index (κ3) is 5.96. The Labute approximate surface area is 251 Å². The van der Waals surface area contributed by atoms with Gasteiger partial charge in [-0.1, -0.05) is 66.5 Å². The maximum atomic E-state index is 13.9. The monoisotopic (exact) mass is 598 g/mol. The van der Waals surface area contributed by atoms with Crippen molar-refractivity contribution in [3.8, 4) is 5.75 Å². The lowest BCUT2D eigenvalue weighted by atomic mass is 9.94. The molecule has 1 saturated heterocycles. The second kappa shape index (κ2) is 12.4. The SMILES string of the molecule is C=CCOC(=O)c1sc(N2C(=O)C(=O)C(=C(O)c3ccc(OCc4ccccc4)cc3C)C2c2ccc(F)cc2)nc1C. The summed E-state index contributed by atoms with van der Waals surface area (Å²) in [5, 5.41) is 11.6. The number of ketones is 1. The number of aryl methyl sites for hydroxylation is 2. The highest BCUT2D eigenvalue weighted by Gasteiger charge is 2.48. The number of thiazole rings is 1. The molecular formula is C33H27FN2O6S. The average Bonchev–Trinajstić information content (AvgIpc) is 3.51. The minimum absolute atomic E-state index is 0.0129. The van der Waals surface area contributed by atoms with E-state index in [1.165, 1.54) is 30.3 Å². The Bertz CT molecular complexity index is 1750. The number of nitrogens with zero attached hydrogens (tertiary/aromatic N) is 2. The second-order valence-corrected chi connectivity index (χ2v) is 10.7. The molecule has 1 fully saturated rings. The molecule has 1 amide bonds. The quantitative estimate of drug-likeness (QED) is 0.0776. The summed E-state index contributed by atoms with van der Waals surface area (Å²) in [6.45, 7) is 7.19. The van der Waals surface area contributed by atoms with Gasteiger partial charge in [-0.2, -0.15) is 0 Å². The van der Waals surface area contributed by atoms with Gasteiger partial charge in [-0.3, -0.25) is 14.5 Å². The molecule has 0 saturated carbocycles. The van der Waals surface area contributed by atoms with Gasteiger partial charge >= 0.3 is 11.9 Å². The topological polar surface area (TPSA) is 106 Å². The zero-order chi connectivity index (χ0) is 30.7. The summed E-state index contributed by atoms with van der Waals surface area (Å²) in [7, 11) is 0. The molecule has 0 bridgehead atoms. The highest BCUT2D eigenvalue weighted by Crippen LogP contribution is 2.44. The lowest BCUT2D eigenvalue weighted by Gasteiger charge is -2.23. The summed E-state index contributed by atoms with van der Waals surface area (Å²) in [5.74, 6) is -2.90. The maximum absolute atomic E-state index is 13.9. The zero-order valence-corrected chi connectivity index (χ0v) is 24.2. The highest BCUT2D eigenvalue weighted by atomic mass is 32.1. The van der Waals surface area contributed by atoms with Crippen molar-refractivity contribution in [3.63, 3.8) is 0 Å². The molecule has 0 radical (unpaired) electrons. The minimum Gasteiger partial charge on any atom is -0.507 e. The molecule has 2 heterocycles. The van der Waals surface area contributed by atoms with Gasteiger partial charge in [0.1, 0.15) is 35.4 Å². The molecule has 5 rings (SSSR count). The number of ether oxygens (including phenoxy) is 2. The van der Waals surface area contributed by atoms with E-state index in [0.29, 0.717) is 34.7 Å². The van der Waals surface area contributed by atoms with E-state index < -0.39 is 35.3 Å². The van der Waals surface area contributed by atoms with Crippen molar-refractivity contribution in [2.45, 2.75) is 26.5 Å². The summed E-state index contributed by atoms with van der Waals surface area (Å²) < 4.78 is 24.9. The number of amides is 1. The van der Waals surface area contributed by atoms with E-state index in [2.05, 4.69) is 11.6 Å². The number of aromatic nitrogens is 1. The van der Waals surface area contributed by atoms with Crippen molar-refractivity contribution in [2.75, 3.05) is 11.5 Å². The standard InChI is InChI=1S/C33H27FN2O6S/c1-4-16-41-32(40)30-20(3)35-33(43-30)36-27(22-10-12-23(34)13-11-22)26(29(38)31(36)39)28(37)25-15-14-24(17-19(25)2)42-18-21-8-6-5-7-9-21/h4-15,17,27,37H,1,16,18H2,2-3H3. The summed E-state index contributed by atoms with van der Waals surface area (Å²) >= 11 is 0.879. The van der Waals surface area contributed by atoms with Crippen LogP contribution in [0.25, 0.3) is 5.76 Å². The first kappa shape index (κ1) is 29.4. The number of anilines is 1. The van der Waals surface area contributed by atoms with E-state index >= 15 is 0 Å². The number of carbonyl (C=O) groups excluding carboxylic acids is 3. The zero-order valence-electron chi connectivity index (χ0n) is 23.4. The van der Waals surface area contributed by atoms with E-state index in [-0.39, 0.29) is 22.2 Å². The summed E-state index contributed by atoms with van der Waals surface area (Å²) in [5.41, 5.74) is 2.38. The number of hydrogen-bond donors (Lipinski definition) is 1. The minimum atomic E-state index is -1.14. The van der Waals surface area contributed by atoms with Gasteiger partial charge in [-0.25, -0.2) is 14.2 Å². The smallest absolute Gasteiger partial charge is 0.350 e. The van der Waals surface area contributed by atoms with Gasteiger partial charge in [0.25, 0.3) is 5.78 Å². The lowest BCUT2D eigenvalue weighted by molar-refractivity contribution is -0.132. The molecule has 218 valence electrons. The third-order valence-corrected chi connectivity index (χ3v) is 7.98. The summed E-state index contributed by atoms with van der Waals surface area (Å²) in [6, 6.07) is 18.8. The molecule has 1 N–H and O–H groups in total. The Kier molecular flexibility index (Phi) is 8.49. The fourth-order valence-corrected chi connectivity index (χ4v) is 5.73. The molecule has 10 heteroatoms. The summed E-state index contributed by atoms with van der Waals surface area (Å²) in [6.07, 6.45) is 1.42. The summed E-state index contributed by atoms with van der Waals surface area (Å²) in [4.78, 5) is 45.3. The van der Waals surface area contributed by atoms with Crippen LogP contribution in [0.4, 0.5) is 9.52 Å². The van der Waals surface area contributed by atoms with Crippen molar-refractivity contribution in [3.05, 3.63) is 130 Å². The highest BCUT2D eigenvalue weighted by molar-refractivity contribution is 7.17. The first-order chi connectivity index (χ1) is 20.7. The molecule has 1 aliphatic heterocycles. The molecule has 1 aromatic heterocycles.